The largest absolute Gasteiger partial charge is 0.456 e. The summed E-state index contributed by atoms with van der Waals surface area (Å²) >= 11 is 0. The third-order valence-corrected chi connectivity index (χ3v) is 10.1. The first-order valence-corrected chi connectivity index (χ1v) is 17.1. The molecule has 0 fully saturated rings. The van der Waals surface area contributed by atoms with Gasteiger partial charge in [0.25, 0.3) is 0 Å². The Morgan fingerprint density at radius 1 is 0.280 bits per heavy atom. The van der Waals surface area contributed by atoms with Gasteiger partial charge in [0.2, 0.25) is 0 Å². The number of hydrogen-bond acceptors (Lipinski definition) is 1. The average molecular weight is 638 g/mol. The van der Waals surface area contributed by atoms with Crippen LogP contribution in [0, 0.1) is 0 Å². The Balaban J connectivity index is 0.977. The van der Waals surface area contributed by atoms with Gasteiger partial charge in [0.1, 0.15) is 11.2 Å². The number of furan rings is 1. The Bertz CT molecular complexity index is 2820. The molecule has 0 aliphatic rings. The Hall–Kier alpha value is -6.64. The molecule has 10 rings (SSSR count). The van der Waals surface area contributed by atoms with Crippen LogP contribution >= 0.6 is 0 Å². The van der Waals surface area contributed by atoms with Crippen LogP contribution < -0.4 is 0 Å². The van der Waals surface area contributed by atoms with Crippen LogP contribution in [0.15, 0.2) is 192 Å². The van der Waals surface area contributed by atoms with Gasteiger partial charge in [-0.2, -0.15) is 0 Å². The van der Waals surface area contributed by atoms with Crippen molar-refractivity contribution in [1.82, 2.24) is 4.57 Å². The van der Waals surface area contributed by atoms with Crippen molar-refractivity contribution in [2.45, 2.75) is 0 Å². The van der Waals surface area contributed by atoms with E-state index in [1.807, 2.05) is 12.1 Å². The van der Waals surface area contributed by atoms with Crippen molar-refractivity contribution in [3.8, 4) is 50.2 Å². The second-order valence-electron chi connectivity index (χ2n) is 13.0. The lowest BCUT2D eigenvalue weighted by Crippen LogP contribution is -1.93. The third kappa shape index (κ3) is 4.73. The minimum absolute atomic E-state index is 0.920. The SMILES string of the molecule is c1ccc(-c2ccc(-c3ccc(-n4c5ccccc5c5cc(-c6ccc(-c7ccc8oc9ccccc9c8c7)cc6)ccc54)cc3)cc2)cc1. The molecule has 0 saturated heterocycles. The first-order chi connectivity index (χ1) is 24.8. The summed E-state index contributed by atoms with van der Waals surface area (Å²) in [5.41, 5.74) is 15.1. The molecule has 0 saturated carbocycles. The number of hydrogen-bond donors (Lipinski definition) is 0. The Morgan fingerprint density at radius 2 is 0.720 bits per heavy atom. The molecule has 0 bridgehead atoms. The van der Waals surface area contributed by atoms with Gasteiger partial charge in [-0.1, -0.05) is 140 Å². The van der Waals surface area contributed by atoms with E-state index in [2.05, 4.69) is 180 Å². The lowest BCUT2D eigenvalue weighted by molar-refractivity contribution is 0.669. The Morgan fingerprint density at radius 3 is 1.40 bits per heavy atom. The minimum atomic E-state index is 0.920. The summed E-state index contributed by atoms with van der Waals surface area (Å²) < 4.78 is 8.44. The maximum atomic E-state index is 6.05. The van der Waals surface area contributed by atoms with E-state index in [1.54, 1.807) is 0 Å². The van der Waals surface area contributed by atoms with Gasteiger partial charge in [0.05, 0.1) is 11.0 Å². The van der Waals surface area contributed by atoms with Crippen molar-refractivity contribution in [2.24, 2.45) is 0 Å². The molecule has 0 atom stereocenters. The van der Waals surface area contributed by atoms with Crippen LogP contribution in [-0.4, -0.2) is 4.57 Å². The van der Waals surface area contributed by atoms with Crippen LogP contribution in [0.3, 0.4) is 0 Å². The third-order valence-electron chi connectivity index (χ3n) is 10.1. The Labute approximate surface area is 290 Å². The standard InChI is InChI=1S/C48H31NO/c1-2-8-32(9-3-1)33-14-16-34(17-15-33)35-22-26-40(27-23-35)49-45-12-6-4-10-41(45)43-30-38(24-28-46(43)49)36-18-20-37(21-19-36)39-25-29-48-44(31-39)42-11-5-7-13-47(42)50-48/h1-31H. The predicted molar refractivity (Wildman–Crippen MR) is 210 cm³/mol. The molecule has 0 aliphatic carbocycles. The number of aromatic nitrogens is 1. The fourth-order valence-corrected chi connectivity index (χ4v) is 7.48. The molecule has 2 heterocycles. The van der Waals surface area contributed by atoms with Crippen LogP contribution in [-0.2, 0) is 0 Å². The second kappa shape index (κ2) is 11.5. The molecule has 2 heteroatoms. The smallest absolute Gasteiger partial charge is 0.135 e. The van der Waals surface area contributed by atoms with Gasteiger partial charge >= 0.3 is 0 Å². The molecule has 0 unspecified atom stereocenters. The van der Waals surface area contributed by atoms with E-state index >= 15 is 0 Å². The summed E-state index contributed by atoms with van der Waals surface area (Å²) in [6.45, 7) is 0. The van der Waals surface area contributed by atoms with Gasteiger partial charge in [-0.25, -0.2) is 0 Å². The monoisotopic (exact) mass is 637 g/mol. The van der Waals surface area contributed by atoms with Crippen molar-refractivity contribution in [3.63, 3.8) is 0 Å². The average Bonchev–Trinajstić information content (AvgIpc) is 3.73. The maximum absolute atomic E-state index is 6.05. The molecule has 2 aromatic heterocycles. The highest BCUT2D eigenvalue weighted by atomic mass is 16.3. The summed E-state index contributed by atoms with van der Waals surface area (Å²) in [7, 11) is 0. The number of para-hydroxylation sites is 2. The zero-order valence-corrected chi connectivity index (χ0v) is 27.3. The highest BCUT2D eigenvalue weighted by molar-refractivity contribution is 6.10. The predicted octanol–water partition coefficient (Wildman–Crippen LogP) is 13.4. The van der Waals surface area contributed by atoms with Crippen LogP contribution in [0.5, 0.6) is 0 Å². The molecule has 8 aromatic carbocycles. The van der Waals surface area contributed by atoms with Gasteiger partial charge in [-0.05, 0) is 93.0 Å². The van der Waals surface area contributed by atoms with Crippen molar-refractivity contribution in [1.29, 1.82) is 0 Å². The summed E-state index contributed by atoms with van der Waals surface area (Å²) in [5, 5.41) is 4.80. The van der Waals surface area contributed by atoms with E-state index in [4.69, 9.17) is 4.42 Å². The van der Waals surface area contributed by atoms with Gasteiger partial charge < -0.3 is 8.98 Å². The van der Waals surface area contributed by atoms with Crippen LogP contribution in [0.25, 0.3) is 93.9 Å². The zero-order chi connectivity index (χ0) is 33.0. The number of nitrogens with zero attached hydrogens (tertiary/aromatic N) is 1. The molecule has 50 heavy (non-hydrogen) atoms. The molecule has 10 aromatic rings. The molecular weight excluding hydrogens is 607 g/mol. The quantitative estimate of drug-likeness (QED) is 0.184. The van der Waals surface area contributed by atoms with E-state index in [-0.39, 0.29) is 0 Å². The minimum Gasteiger partial charge on any atom is -0.456 e. The molecule has 2 nitrogen and oxygen atoms in total. The van der Waals surface area contributed by atoms with E-state index in [9.17, 15) is 0 Å². The van der Waals surface area contributed by atoms with Gasteiger partial charge in [0.15, 0.2) is 0 Å². The first kappa shape index (κ1) is 28.4. The molecule has 0 spiro atoms. The van der Waals surface area contributed by atoms with Gasteiger partial charge in [0, 0.05) is 27.2 Å². The molecule has 0 amide bonds. The molecule has 0 aliphatic heterocycles. The van der Waals surface area contributed by atoms with E-state index in [0.29, 0.717) is 0 Å². The lowest BCUT2D eigenvalue weighted by Gasteiger charge is -2.10. The van der Waals surface area contributed by atoms with E-state index in [1.165, 1.54) is 66.3 Å². The van der Waals surface area contributed by atoms with Crippen LogP contribution in [0.2, 0.25) is 0 Å². The molecule has 234 valence electrons. The van der Waals surface area contributed by atoms with Crippen LogP contribution in [0.1, 0.15) is 0 Å². The van der Waals surface area contributed by atoms with Gasteiger partial charge in [-0.15, -0.1) is 0 Å². The van der Waals surface area contributed by atoms with Gasteiger partial charge in [-0.3, -0.25) is 0 Å². The molecular formula is C48H31NO. The summed E-state index contributed by atoms with van der Waals surface area (Å²) in [6, 6.07) is 67.5. The Kier molecular flexibility index (Phi) is 6.53. The van der Waals surface area contributed by atoms with Crippen molar-refractivity contribution < 1.29 is 4.42 Å². The number of benzene rings is 8. The maximum Gasteiger partial charge on any atom is 0.135 e. The van der Waals surface area contributed by atoms with Crippen molar-refractivity contribution in [3.05, 3.63) is 188 Å². The fourth-order valence-electron chi connectivity index (χ4n) is 7.48. The highest BCUT2D eigenvalue weighted by Gasteiger charge is 2.14. The van der Waals surface area contributed by atoms with Crippen LogP contribution in [0.4, 0.5) is 0 Å². The second-order valence-corrected chi connectivity index (χ2v) is 13.0. The summed E-state index contributed by atoms with van der Waals surface area (Å²) in [4.78, 5) is 0. The van der Waals surface area contributed by atoms with Crippen molar-refractivity contribution in [2.75, 3.05) is 0 Å². The lowest BCUT2D eigenvalue weighted by atomic mass is 9.98. The van der Waals surface area contributed by atoms with E-state index in [0.717, 1.165) is 27.6 Å². The van der Waals surface area contributed by atoms with E-state index < -0.39 is 0 Å². The highest BCUT2D eigenvalue weighted by Crippen LogP contribution is 2.37. The zero-order valence-electron chi connectivity index (χ0n) is 27.3. The first-order valence-electron chi connectivity index (χ1n) is 17.1. The molecule has 0 N–H and O–H groups in total. The normalized spacial score (nSPS) is 11.6. The summed E-state index contributed by atoms with van der Waals surface area (Å²) in [5.74, 6) is 0. The number of fused-ring (bicyclic) bond motifs is 6. The molecule has 0 radical (unpaired) electrons. The topological polar surface area (TPSA) is 18.1 Å². The number of rotatable bonds is 5. The summed E-state index contributed by atoms with van der Waals surface area (Å²) in [6.07, 6.45) is 0. The fraction of sp³-hybridized carbons (Fsp3) is 0. The van der Waals surface area contributed by atoms with Crippen molar-refractivity contribution >= 4 is 43.7 Å².